The highest BCUT2D eigenvalue weighted by Crippen LogP contribution is 2.30. The number of amides is 1. The van der Waals surface area contributed by atoms with Crippen molar-refractivity contribution in [1.29, 1.82) is 5.26 Å². The lowest BCUT2D eigenvalue weighted by Gasteiger charge is -2.38. The van der Waals surface area contributed by atoms with Gasteiger partial charge in [0.25, 0.3) is 5.91 Å². The van der Waals surface area contributed by atoms with Gasteiger partial charge in [0, 0.05) is 36.9 Å². The standard InChI is InChI=1S/C20H22FN5O2/c1-12-10-26(11-18(28-12)20(27)25-16-9-23-8-15(16)21)17-5-4-13(7-22)19-14(17)3-2-6-24-19/h2-6,12,15-16,18,23H,8-11H2,1H3,(H,25,27)/t12-,15-,16+,18?/m1/s1. The Morgan fingerprint density at radius 2 is 2.25 bits per heavy atom. The molecule has 2 aliphatic rings. The number of fused-ring (bicyclic) bond motifs is 1. The van der Waals surface area contributed by atoms with Gasteiger partial charge in [-0.05, 0) is 31.2 Å². The van der Waals surface area contributed by atoms with Crippen molar-refractivity contribution < 1.29 is 13.9 Å². The predicted octanol–water partition coefficient (Wildman–Crippen LogP) is 1.13. The molecule has 0 spiro atoms. The first-order chi connectivity index (χ1) is 13.6. The Balaban J connectivity index is 1.58. The molecule has 2 aliphatic heterocycles. The van der Waals surface area contributed by atoms with Crippen molar-refractivity contribution in [2.75, 3.05) is 31.1 Å². The van der Waals surface area contributed by atoms with Crippen LogP contribution in [0.5, 0.6) is 0 Å². The van der Waals surface area contributed by atoms with Crippen LogP contribution in [0.15, 0.2) is 30.5 Å². The quantitative estimate of drug-likeness (QED) is 0.826. The average molecular weight is 383 g/mol. The smallest absolute Gasteiger partial charge is 0.251 e. The molecular weight excluding hydrogens is 361 g/mol. The van der Waals surface area contributed by atoms with E-state index in [9.17, 15) is 14.4 Å². The molecule has 0 radical (unpaired) electrons. The summed E-state index contributed by atoms with van der Waals surface area (Å²) in [6.45, 7) is 3.54. The molecule has 2 aromatic rings. The molecule has 0 aliphatic carbocycles. The fourth-order valence-electron chi connectivity index (χ4n) is 3.88. The molecule has 2 N–H and O–H groups in total. The van der Waals surface area contributed by atoms with Crippen molar-refractivity contribution in [3.63, 3.8) is 0 Å². The van der Waals surface area contributed by atoms with Gasteiger partial charge in [-0.25, -0.2) is 4.39 Å². The highest BCUT2D eigenvalue weighted by Gasteiger charge is 2.35. The summed E-state index contributed by atoms with van der Waals surface area (Å²) in [5, 5.41) is 15.9. The topological polar surface area (TPSA) is 90.3 Å². The summed E-state index contributed by atoms with van der Waals surface area (Å²) >= 11 is 0. The van der Waals surface area contributed by atoms with E-state index in [0.29, 0.717) is 30.7 Å². The lowest BCUT2D eigenvalue weighted by Crippen LogP contribution is -2.55. The number of halogens is 1. The maximum absolute atomic E-state index is 13.8. The molecule has 1 unspecified atom stereocenters. The van der Waals surface area contributed by atoms with Crippen LogP contribution >= 0.6 is 0 Å². The summed E-state index contributed by atoms with van der Waals surface area (Å²) in [6.07, 6.45) is -0.294. The Kier molecular flexibility index (Phi) is 5.11. The Hall–Kier alpha value is -2.76. The molecule has 1 aromatic heterocycles. The van der Waals surface area contributed by atoms with Crippen molar-refractivity contribution in [3.05, 3.63) is 36.0 Å². The minimum atomic E-state index is -1.09. The van der Waals surface area contributed by atoms with E-state index in [1.165, 1.54) is 0 Å². The Morgan fingerprint density at radius 3 is 3.00 bits per heavy atom. The van der Waals surface area contributed by atoms with E-state index in [2.05, 4.69) is 26.6 Å². The van der Waals surface area contributed by atoms with Gasteiger partial charge < -0.3 is 20.3 Å². The van der Waals surface area contributed by atoms with Crippen LogP contribution in [0.1, 0.15) is 12.5 Å². The van der Waals surface area contributed by atoms with E-state index in [-0.39, 0.29) is 18.6 Å². The van der Waals surface area contributed by atoms with Gasteiger partial charge in [0.1, 0.15) is 12.2 Å². The monoisotopic (exact) mass is 383 g/mol. The number of aromatic nitrogens is 1. The number of alkyl halides is 1. The number of hydrogen-bond donors (Lipinski definition) is 2. The molecule has 146 valence electrons. The first kappa shape index (κ1) is 18.6. The number of nitrogens with one attached hydrogen (secondary N) is 2. The van der Waals surface area contributed by atoms with E-state index in [4.69, 9.17) is 4.74 Å². The maximum atomic E-state index is 13.8. The molecule has 4 rings (SSSR count). The summed E-state index contributed by atoms with van der Waals surface area (Å²) in [7, 11) is 0. The van der Waals surface area contributed by atoms with Crippen LogP contribution in [0.3, 0.4) is 0 Å². The number of rotatable bonds is 3. The van der Waals surface area contributed by atoms with Crippen LogP contribution < -0.4 is 15.5 Å². The van der Waals surface area contributed by atoms with Crippen LogP contribution in [-0.2, 0) is 9.53 Å². The molecule has 8 heteroatoms. The molecule has 1 aromatic carbocycles. The van der Waals surface area contributed by atoms with Gasteiger partial charge >= 0.3 is 0 Å². The molecule has 28 heavy (non-hydrogen) atoms. The largest absolute Gasteiger partial charge is 0.365 e. The maximum Gasteiger partial charge on any atom is 0.251 e. The van der Waals surface area contributed by atoms with Crippen LogP contribution in [-0.4, -0.2) is 61.5 Å². The second-order valence-corrected chi connectivity index (χ2v) is 7.27. The van der Waals surface area contributed by atoms with Crippen molar-refractivity contribution in [1.82, 2.24) is 15.6 Å². The summed E-state index contributed by atoms with van der Waals surface area (Å²) in [6, 6.07) is 9.02. The molecule has 2 saturated heterocycles. The predicted molar refractivity (Wildman–Crippen MR) is 103 cm³/mol. The summed E-state index contributed by atoms with van der Waals surface area (Å²) in [5.74, 6) is -0.302. The van der Waals surface area contributed by atoms with Crippen molar-refractivity contribution in [2.45, 2.75) is 31.3 Å². The van der Waals surface area contributed by atoms with Crippen molar-refractivity contribution in [2.24, 2.45) is 0 Å². The average Bonchev–Trinajstić information content (AvgIpc) is 3.11. The van der Waals surface area contributed by atoms with Gasteiger partial charge in [0.2, 0.25) is 0 Å². The lowest BCUT2D eigenvalue weighted by atomic mass is 10.1. The zero-order valence-corrected chi connectivity index (χ0v) is 15.6. The molecule has 3 heterocycles. The van der Waals surface area contributed by atoms with Gasteiger partial charge in [-0.2, -0.15) is 5.26 Å². The molecule has 2 fully saturated rings. The van der Waals surface area contributed by atoms with Crippen LogP contribution in [0, 0.1) is 11.3 Å². The number of carbonyl (C=O) groups excluding carboxylic acids is 1. The van der Waals surface area contributed by atoms with E-state index < -0.39 is 18.3 Å². The first-order valence-corrected chi connectivity index (χ1v) is 9.40. The highest BCUT2D eigenvalue weighted by molar-refractivity contribution is 5.95. The van der Waals surface area contributed by atoms with Gasteiger partial charge in [-0.3, -0.25) is 9.78 Å². The Labute approximate surface area is 162 Å². The molecule has 7 nitrogen and oxygen atoms in total. The molecule has 0 bridgehead atoms. The first-order valence-electron chi connectivity index (χ1n) is 9.40. The summed E-state index contributed by atoms with van der Waals surface area (Å²) in [5.41, 5.74) is 2.05. The number of benzene rings is 1. The highest BCUT2D eigenvalue weighted by atomic mass is 19.1. The lowest BCUT2D eigenvalue weighted by molar-refractivity contribution is -0.138. The van der Waals surface area contributed by atoms with Crippen LogP contribution in [0.25, 0.3) is 10.9 Å². The number of hydrogen-bond acceptors (Lipinski definition) is 6. The number of pyridine rings is 1. The summed E-state index contributed by atoms with van der Waals surface area (Å²) < 4.78 is 19.7. The molecular formula is C20H22FN5O2. The van der Waals surface area contributed by atoms with Gasteiger partial charge in [-0.15, -0.1) is 0 Å². The van der Waals surface area contributed by atoms with Crippen LogP contribution in [0.4, 0.5) is 10.1 Å². The van der Waals surface area contributed by atoms with Crippen LogP contribution in [0.2, 0.25) is 0 Å². The number of morpholine rings is 1. The number of nitriles is 1. The number of anilines is 1. The zero-order chi connectivity index (χ0) is 19.7. The third-order valence-electron chi connectivity index (χ3n) is 5.23. The van der Waals surface area contributed by atoms with Gasteiger partial charge in [0.15, 0.2) is 6.10 Å². The van der Waals surface area contributed by atoms with Gasteiger partial charge in [-0.1, -0.05) is 0 Å². The Morgan fingerprint density at radius 1 is 1.39 bits per heavy atom. The molecule has 1 amide bonds. The Bertz CT molecular complexity index is 930. The van der Waals surface area contributed by atoms with Gasteiger partial charge in [0.05, 0.1) is 29.8 Å². The number of nitrogens with zero attached hydrogens (tertiary/aromatic N) is 3. The third-order valence-corrected chi connectivity index (χ3v) is 5.23. The van der Waals surface area contributed by atoms with E-state index in [1.54, 1.807) is 12.3 Å². The zero-order valence-electron chi connectivity index (χ0n) is 15.6. The van der Waals surface area contributed by atoms with Crippen molar-refractivity contribution in [3.8, 4) is 6.07 Å². The minimum absolute atomic E-state index is 0.172. The SMILES string of the molecule is C[C@@H]1CN(c2ccc(C#N)c3ncccc23)CC(C(=O)N[C@H]2CNC[C@H]2F)O1. The number of carbonyl (C=O) groups is 1. The summed E-state index contributed by atoms with van der Waals surface area (Å²) in [4.78, 5) is 19.1. The van der Waals surface area contributed by atoms with E-state index >= 15 is 0 Å². The second-order valence-electron chi connectivity index (χ2n) is 7.27. The fraction of sp³-hybridized carbons (Fsp3) is 0.450. The molecule has 4 atom stereocenters. The van der Waals surface area contributed by atoms with E-state index in [0.717, 1.165) is 11.1 Å². The van der Waals surface area contributed by atoms with E-state index in [1.807, 2.05) is 25.1 Å². The van der Waals surface area contributed by atoms with Crippen molar-refractivity contribution >= 4 is 22.5 Å². The number of ether oxygens (including phenoxy) is 1. The second kappa shape index (κ2) is 7.70. The minimum Gasteiger partial charge on any atom is -0.365 e. The fourth-order valence-corrected chi connectivity index (χ4v) is 3.88. The third kappa shape index (κ3) is 3.51. The molecule has 0 saturated carbocycles. The normalized spacial score (nSPS) is 27.5.